The first-order chi connectivity index (χ1) is 17.2. The molecule has 8 heteroatoms. The number of piperazine rings is 1. The summed E-state index contributed by atoms with van der Waals surface area (Å²) < 4.78 is 6.75. The van der Waals surface area contributed by atoms with Crippen molar-refractivity contribution in [2.45, 2.75) is 13.2 Å². The average Bonchev–Trinajstić information content (AvgIpc) is 2.92. The van der Waals surface area contributed by atoms with E-state index in [1.165, 1.54) is 22.9 Å². The topological polar surface area (TPSA) is 82.3 Å². The monoisotopic (exact) mass is 471 g/mol. The van der Waals surface area contributed by atoms with Crippen molar-refractivity contribution in [3.8, 4) is 5.75 Å². The second-order valence-electron chi connectivity index (χ2n) is 8.50. The molecule has 0 amide bonds. The molecule has 0 atom stereocenters. The van der Waals surface area contributed by atoms with Gasteiger partial charge in [0.15, 0.2) is 11.4 Å². The van der Waals surface area contributed by atoms with Gasteiger partial charge in [-0.1, -0.05) is 30.3 Å². The van der Waals surface area contributed by atoms with E-state index < -0.39 is 6.61 Å². The van der Waals surface area contributed by atoms with E-state index in [0.717, 1.165) is 31.7 Å². The minimum atomic E-state index is -0.401. The summed E-state index contributed by atoms with van der Waals surface area (Å²) in [6.45, 7) is 4.00. The third-order valence-electron chi connectivity index (χ3n) is 6.45. The Morgan fingerprint density at radius 3 is 2.20 bits per heavy atom. The lowest BCUT2D eigenvalue weighted by Gasteiger charge is -2.37. The van der Waals surface area contributed by atoms with E-state index in [4.69, 9.17) is 4.74 Å². The van der Waals surface area contributed by atoms with Gasteiger partial charge in [0.2, 0.25) is 0 Å². The van der Waals surface area contributed by atoms with Crippen molar-refractivity contribution in [2.75, 3.05) is 48.4 Å². The molecule has 0 spiro atoms. The molecule has 0 bridgehead atoms. The molecule has 2 aromatic heterocycles. The van der Waals surface area contributed by atoms with Gasteiger partial charge in [0, 0.05) is 50.3 Å². The SMILES string of the molecule is COc1cccn2c(=O)c(CO)c(NCc3ccc(N4CCN(c5ccccc5)CC4)cc3)nc12. The number of aromatic nitrogens is 2. The highest BCUT2D eigenvalue weighted by atomic mass is 16.5. The van der Waals surface area contributed by atoms with Crippen molar-refractivity contribution < 1.29 is 9.84 Å². The van der Waals surface area contributed by atoms with E-state index >= 15 is 0 Å². The molecule has 1 saturated heterocycles. The van der Waals surface area contributed by atoms with E-state index in [0.29, 0.717) is 23.8 Å². The Morgan fingerprint density at radius 2 is 1.57 bits per heavy atom. The Kier molecular flexibility index (Phi) is 6.54. The van der Waals surface area contributed by atoms with Gasteiger partial charge in [-0.3, -0.25) is 9.20 Å². The van der Waals surface area contributed by atoms with Gasteiger partial charge in [-0.15, -0.1) is 0 Å². The van der Waals surface area contributed by atoms with Crippen LogP contribution in [-0.2, 0) is 13.2 Å². The largest absolute Gasteiger partial charge is 0.493 e. The lowest BCUT2D eigenvalue weighted by atomic mass is 10.1. The predicted molar refractivity (Wildman–Crippen MR) is 139 cm³/mol. The number of hydrogen-bond acceptors (Lipinski definition) is 7. The molecule has 0 aliphatic carbocycles. The van der Waals surface area contributed by atoms with Crippen molar-refractivity contribution in [3.05, 3.63) is 94.4 Å². The number of ether oxygens (including phenoxy) is 1. The fourth-order valence-corrected chi connectivity index (χ4v) is 4.49. The maximum absolute atomic E-state index is 12.9. The fraction of sp³-hybridized carbons (Fsp3) is 0.259. The van der Waals surface area contributed by atoms with Crippen molar-refractivity contribution in [1.29, 1.82) is 0 Å². The Morgan fingerprint density at radius 1 is 0.914 bits per heavy atom. The highest BCUT2D eigenvalue weighted by molar-refractivity contribution is 5.59. The molecule has 8 nitrogen and oxygen atoms in total. The van der Waals surface area contributed by atoms with Gasteiger partial charge in [0.1, 0.15) is 5.82 Å². The van der Waals surface area contributed by atoms with E-state index in [1.54, 1.807) is 18.3 Å². The van der Waals surface area contributed by atoms with Crippen LogP contribution >= 0.6 is 0 Å². The minimum Gasteiger partial charge on any atom is -0.493 e. The molecule has 1 aliphatic rings. The maximum atomic E-state index is 12.9. The summed E-state index contributed by atoms with van der Waals surface area (Å²) in [5.74, 6) is 0.858. The molecule has 2 N–H and O–H groups in total. The summed E-state index contributed by atoms with van der Waals surface area (Å²) in [6.07, 6.45) is 1.62. The lowest BCUT2D eigenvalue weighted by Crippen LogP contribution is -2.46. The lowest BCUT2D eigenvalue weighted by molar-refractivity contribution is 0.280. The number of hydrogen-bond donors (Lipinski definition) is 2. The Bertz CT molecular complexity index is 1350. The number of methoxy groups -OCH3 is 1. The molecular formula is C27H29N5O3. The number of benzene rings is 2. The van der Waals surface area contributed by atoms with E-state index in [1.807, 2.05) is 6.07 Å². The third kappa shape index (κ3) is 4.65. The van der Waals surface area contributed by atoms with Crippen LogP contribution in [0.15, 0.2) is 77.7 Å². The normalized spacial score (nSPS) is 13.8. The molecule has 180 valence electrons. The van der Waals surface area contributed by atoms with Crippen LogP contribution in [0.2, 0.25) is 0 Å². The van der Waals surface area contributed by atoms with Gasteiger partial charge in [-0.05, 0) is 42.0 Å². The standard InChI is InChI=1S/C27H29N5O3/c1-35-24-8-5-13-32-26(24)29-25(23(19-33)27(32)34)28-18-20-9-11-22(12-10-20)31-16-14-30(15-17-31)21-6-3-2-4-7-21/h2-13,28,33H,14-19H2,1H3. The van der Waals surface area contributed by atoms with Crippen LogP contribution in [0.1, 0.15) is 11.1 Å². The van der Waals surface area contributed by atoms with E-state index in [2.05, 4.69) is 68.6 Å². The first kappa shape index (κ1) is 22.7. The molecular weight excluding hydrogens is 442 g/mol. The smallest absolute Gasteiger partial charge is 0.265 e. The number of anilines is 3. The molecule has 2 aromatic carbocycles. The molecule has 1 aliphatic heterocycles. The first-order valence-electron chi connectivity index (χ1n) is 11.7. The Labute approximate surface area is 204 Å². The van der Waals surface area contributed by atoms with Crippen LogP contribution in [0.25, 0.3) is 5.65 Å². The molecule has 4 aromatic rings. The number of nitrogens with zero attached hydrogens (tertiary/aromatic N) is 4. The molecule has 5 rings (SSSR count). The highest BCUT2D eigenvalue weighted by Gasteiger charge is 2.18. The molecule has 0 radical (unpaired) electrons. The van der Waals surface area contributed by atoms with Crippen LogP contribution in [0, 0.1) is 0 Å². The predicted octanol–water partition coefficient (Wildman–Crippen LogP) is 3.13. The molecule has 35 heavy (non-hydrogen) atoms. The van der Waals surface area contributed by atoms with E-state index in [9.17, 15) is 9.90 Å². The van der Waals surface area contributed by atoms with Crippen molar-refractivity contribution >= 4 is 22.8 Å². The fourth-order valence-electron chi connectivity index (χ4n) is 4.49. The summed E-state index contributed by atoms with van der Waals surface area (Å²) in [4.78, 5) is 22.2. The number of aliphatic hydroxyl groups excluding tert-OH is 1. The van der Waals surface area contributed by atoms with Gasteiger partial charge in [0.25, 0.3) is 5.56 Å². The minimum absolute atomic E-state index is 0.226. The van der Waals surface area contributed by atoms with Crippen molar-refractivity contribution in [2.24, 2.45) is 0 Å². The number of pyridine rings is 1. The van der Waals surface area contributed by atoms with Gasteiger partial charge in [-0.2, -0.15) is 0 Å². The van der Waals surface area contributed by atoms with Crippen molar-refractivity contribution in [3.63, 3.8) is 0 Å². The number of aliphatic hydroxyl groups is 1. The summed E-state index contributed by atoms with van der Waals surface area (Å²) in [5.41, 5.74) is 3.85. The zero-order chi connectivity index (χ0) is 24.2. The summed E-state index contributed by atoms with van der Waals surface area (Å²) in [7, 11) is 1.54. The van der Waals surface area contributed by atoms with Crippen LogP contribution in [-0.4, -0.2) is 47.8 Å². The second-order valence-corrected chi connectivity index (χ2v) is 8.50. The molecule has 3 heterocycles. The highest BCUT2D eigenvalue weighted by Crippen LogP contribution is 2.22. The zero-order valence-corrected chi connectivity index (χ0v) is 19.7. The number of nitrogens with one attached hydrogen (secondary N) is 1. The third-order valence-corrected chi connectivity index (χ3v) is 6.45. The van der Waals surface area contributed by atoms with Gasteiger partial charge in [-0.25, -0.2) is 4.98 Å². The first-order valence-corrected chi connectivity index (χ1v) is 11.7. The quantitative estimate of drug-likeness (QED) is 0.429. The van der Waals surface area contributed by atoms with Gasteiger partial charge >= 0.3 is 0 Å². The van der Waals surface area contributed by atoms with Gasteiger partial charge < -0.3 is 25.0 Å². The second kappa shape index (κ2) is 10.1. The number of fused-ring (bicyclic) bond motifs is 1. The molecule has 0 unspecified atom stereocenters. The molecule has 1 fully saturated rings. The van der Waals surface area contributed by atoms with Crippen LogP contribution in [0.3, 0.4) is 0 Å². The van der Waals surface area contributed by atoms with Crippen molar-refractivity contribution in [1.82, 2.24) is 9.38 Å². The summed E-state index contributed by atoms with van der Waals surface area (Å²) >= 11 is 0. The Hall–Kier alpha value is -4.04. The van der Waals surface area contributed by atoms with Gasteiger partial charge in [0.05, 0.1) is 19.3 Å². The number of rotatable bonds is 7. The number of para-hydroxylation sites is 1. The summed E-state index contributed by atoms with van der Waals surface area (Å²) in [6, 6.07) is 22.4. The average molecular weight is 472 g/mol. The summed E-state index contributed by atoms with van der Waals surface area (Å²) in [5, 5.41) is 13.0. The molecule has 0 saturated carbocycles. The van der Waals surface area contributed by atoms with Crippen LogP contribution in [0.4, 0.5) is 17.2 Å². The van der Waals surface area contributed by atoms with Crippen LogP contribution < -0.4 is 25.4 Å². The zero-order valence-electron chi connectivity index (χ0n) is 19.7. The van der Waals surface area contributed by atoms with E-state index in [-0.39, 0.29) is 11.1 Å². The maximum Gasteiger partial charge on any atom is 0.265 e. The Balaban J connectivity index is 1.26. The van der Waals surface area contributed by atoms with Crippen LogP contribution in [0.5, 0.6) is 5.75 Å².